The lowest BCUT2D eigenvalue weighted by Crippen LogP contribution is -2.35. The number of likely N-dealkylation sites (tertiary alicyclic amines) is 1. The summed E-state index contributed by atoms with van der Waals surface area (Å²) in [6.07, 6.45) is 0.726. The molecule has 1 saturated heterocycles. The molecule has 0 N–H and O–H groups in total. The SMILES string of the molecule is CCOc1ccc(C)cc1C1CCN(C(=O)OC(C)(C)C)C1. The molecule has 4 heteroatoms. The molecule has 2 rings (SSSR count). The summed E-state index contributed by atoms with van der Waals surface area (Å²) in [4.78, 5) is 14.0. The number of benzene rings is 1. The van der Waals surface area contributed by atoms with Crippen LogP contribution in [0.25, 0.3) is 0 Å². The summed E-state index contributed by atoms with van der Waals surface area (Å²) in [5.41, 5.74) is 1.97. The summed E-state index contributed by atoms with van der Waals surface area (Å²) in [5.74, 6) is 1.25. The first kappa shape index (κ1) is 16.7. The van der Waals surface area contributed by atoms with Gasteiger partial charge >= 0.3 is 6.09 Å². The van der Waals surface area contributed by atoms with Gasteiger partial charge in [0.05, 0.1) is 6.61 Å². The van der Waals surface area contributed by atoms with Gasteiger partial charge in [-0.3, -0.25) is 0 Å². The lowest BCUT2D eigenvalue weighted by atomic mass is 9.96. The molecule has 0 aromatic heterocycles. The van der Waals surface area contributed by atoms with Crippen LogP contribution in [0.15, 0.2) is 18.2 Å². The Hall–Kier alpha value is -1.71. The maximum atomic E-state index is 12.2. The summed E-state index contributed by atoms with van der Waals surface area (Å²) in [6.45, 7) is 11.8. The Morgan fingerprint density at radius 2 is 2.09 bits per heavy atom. The fraction of sp³-hybridized carbons (Fsp3) is 0.611. The molecule has 4 nitrogen and oxygen atoms in total. The molecule has 0 bridgehead atoms. The van der Waals surface area contributed by atoms with Crippen molar-refractivity contribution in [1.82, 2.24) is 4.90 Å². The largest absolute Gasteiger partial charge is 0.494 e. The third-order valence-electron chi connectivity index (χ3n) is 3.74. The fourth-order valence-electron chi connectivity index (χ4n) is 2.78. The minimum Gasteiger partial charge on any atom is -0.494 e. The van der Waals surface area contributed by atoms with Crippen LogP contribution in [-0.4, -0.2) is 36.3 Å². The van der Waals surface area contributed by atoms with Gasteiger partial charge in [0.15, 0.2) is 0 Å². The molecule has 22 heavy (non-hydrogen) atoms. The molecule has 0 saturated carbocycles. The maximum Gasteiger partial charge on any atom is 0.410 e. The van der Waals surface area contributed by atoms with Crippen molar-refractivity contribution >= 4 is 6.09 Å². The van der Waals surface area contributed by atoms with E-state index in [1.54, 1.807) is 4.90 Å². The van der Waals surface area contributed by atoms with Gasteiger partial charge in [-0.25, -0.2) is 4.79 Å². The molecule has 122 valence electrons. The normalized spacial score (nSPS) is 18.4. The van der Waals surface area contributed by atoms with E-state index in [0.717, 1.165) is 18.7 Å². The number of aryl methyl sites for hydroxylation is 1. The van der Waals surface area contributed by atoms with Crippen molar-refractivity contribution in [3.8, 4) is 5.75 Å². The first-order valence-electron chi connectivity index (χ1n) is 8.01. The molecule has 1 unspecified atom stereocenters. The maximum absolute atomic E-state index is 12.2. The van der Waals surface area contributed by atoms with E-state index in [2.05, 4.69) is 19.1 Å². The van der Waals surface area contributed by atoms with Crippen LogP contribution in [0.3, 0.4) is 0 Å². The van der Waals surface area contributed by atoms with Gasteiger partial charge < -0.3 is 14.4 Å². The predicted octanol–water partition coefficient (Wildman–Crippen LogP) is 4.12. The summed E-state index contributed by atoms with van der Waals surface area (Å²) in [6, 6.07) is 6.27. The first-order valence-corrected chi connectivity index (χ1v) is 8.01. The molecule has 1 aromatic carbocycles. The standard InChI is InChI=1S/C18H27NO3/c1-6-21-16-8-7-13(2)11-15(16)14-9-10-19(12-14)17(20)22-18(3,4)5/h7-8,11,14H,6,9-10,12H2,1-5H3. The number of amides is 1. The average Bonchev–Trinajstić information content (AvgIpc) is 2.89. The third kappa shape index (κ3) is 4.15. The second kappa shape index (κ2) is 6.59. The Kier molecular flexibility index (Phi) is 4.99. The topological polar surface area (TPSA) is 38.8 Å². The molecule has 1 amide bonds. The first-order chi connectivity index (χ1) is 10.3. The number of ether oxygens (including phenoxy) is 2. The number of carbonyl (C=O) groups excluding carboxylic acids is 1. The highest BCUT2D eigenvalue weighted by Gasteiger charge is 2.31. The number of hydrogen-bond donors (Lipinski definition) is 0. The molecule has 0 spiro atoms. The van der Waals surface area contributed by atoms with Crippen LogP contribution < -0.4 is 4.74 Å². The summed E-state index contributed by atoms with van der Waals surface area (Å²) >= 11 is 0. The van der Waals surface area contributed by atoms with Gasteiger partial charge in [0.1, 0.15) is 11.4 Å². The van der Waals surface area contributed by atoms with E-state index in [1.165, 1.54) is 11.1 Å². The summed E-state index contributed by atoms with van der Waals surface area (Å²) in [7, 11) is 0. The van der Waals surface area contributed by atoms with E-state index in [1.807, 2.05) is 33.8 Å². The molecule has 0 aliphatic carbocycles. The van der Waals surface area contributed by atoms with Crippen LogP contribution in [-0.2, 0) is 4.74 Å². The van der Waals surface area contributed by atoms with Crippen molar-refractivity contribution in [2.75, 3.05) is 19.7 Å². The Morgan fingerprint density at radius 3 is 2.73 bits per heavy atom. The van der Waals surface area contributed by atoms with E-state index in [4.69, 9.17) is 9.47 Å². The third-order valence-corrected chi connectivity index (χ3v) is 3.74. The monoisotopic (exact) mass is 305 g/mol. The second-order valence-corrected chi connectivity index (χ2v) is 6.89. The predicted molar refractivity (Wildman–Crippen MR) is 87.5 cm³/mol. The molecule has 1 heterocycles. The van der Waals surface area contributed by atoms with Gasteiger partial charge in [0.25, 0.3) is 0 Å². The van der Waals surface area contributed by atoms with Gasteiger partial charge in [0.2, 0.25) is 0 Å². The minimum absolute atomic E-state index is 0.222. The van der Waals surface area contributed by atoms with E-state index in [-0.39, 0.29) is 6.09 Å². The lowest BCUT2D eigenvalue weighted by Gasteiger charge is -2.24. The Balaban J connectivity index is 2.10. The second-order valence-electron chi connectivity index (χ2n) is 6.89. The van der Waals surface area contributed by atoms with Gasteiger partial charge in [-0.15, -0.1) is 0 Å². The number of rotatable bonds is 3. The molecule has 1 aliphatic rings. The summed E-state index contributed by atoms with van der Waals surface area (Å²) in [5, 5.41) is 0. The summed E-state index contributed by atoms with van der Waals surface area (Å²) < 4.78 is 11.2. The van der Waals surface area contributed by atoms with Crippen molar-refractivity contribution in [2.45, 2.75) is 52.6 Å². The van der Waals surface area contributed by atoms with E-state index < -0.39 is 5.60 Å². The number of carbonyl (C=O) groups is 1. The van der Waals surface area contributed by atoms with Crippen LogP contribution in [0.5, 0.6) is 5.75 Å². The van der Waals surface area contributed by atoms with Crippen LogP contribution in [0.2, 0.25) is 0 Å². The molecule has 1 aliphatic heterocycles. The van der Waals surface area contributed by atoms with Crippen LogP contribution >= 0.6 is 0 Å². The Bertz CT molecular complexity index is 534. The highest BCUT2D eigenvalue weighted by atomic mass is 16.6. The van der Waals surface area contributed by atoms with Crippen LogP contribution in [0, 0.1) is 6.92 Å². The van der Waals surface area contributed by atoms with E-state index >= 15 is 0 Å². The van der Waals surface area contributed by atoms with E-state index in [9.17, 15) is 4.79 Å². The molecular formula is C18H27NO3. The van der Waals surface area contributed by atoms with Crippen molar-refractivity contribution in [2.24, 2.45) is 0 Å². The lowest BCUT2D eigenvalue weighted by molar-refractivity contribution is 0.0292. The van der Waals surface area contributed by atoms with Gasteiger partial charge in [-0.1, -0.05) is 17.7 Å². The van der Waals surface area contributed by atoms with Crippen LogP contribution in [0.1, 0.15) is 51.2 Å². The van der Waals surface area contributed by atoms with Gasteiger partial charge in [-0.05, 0) is 52.7 Å². The number of hydrogen-bond acceptors (Lipinski definition) is 3. The van der Waals surface area contributed by atoms with Crippen LogP contribution in [0.4, 0.5) is 4.79 Å². The zero-order chi connectivity index (χ0) is 16.3. The van der Waals surface area contributed by atoms with Crippen molar-refractivity contribution in [3.63, 3.8) is 0 Å². The highest BCUT2D eigenvalue weighted by Crippen LogP contribution is 2.34. The smallest absolute Gasteiger partial charge is 0.410 e. The number of nitrogens with zero attached hydrogens (tertiary/aromatic N) is 1. The zero-order valence-corrected chi connectivity index (χ0v) is 14.3. The Morgan fingerprint density at radius 1 is 1.36 bits per heavy atom. The van der Waals surface area contributed by atoms with E-state index in [0.29, 0.717) is 19.1 Å². The molecule has 1 fully saturated rings. The molecule has 0 radical (unpaired) electrons. The minimum atomic E-state index is -0.449. The zero-order valence-electron chi connectivity index (χ0n) is 14.3. The quantitative estimate of drug-likeness (QED) is 0.843. The molecule has 1 atom stereocenters. The average molecular weight is 305 g/mol. The Labute approximate surface area is 133 Å². The molecule has 1 aromatic rings. The van der Waals surface area contributed by atoms with Gasteiger partial charge in [0, 0.05) is 19.0 Å². The fourth-order valence-corrected chi connectivity index (χ4v) is 2.78. The van der Waals surface area contributed by atoms with Crippen molar-refractivity contribution in [3.05, 3.63) is 29.3 Å². The molecular weight excluding hydrogens is 278 g/mol. The van der Waals surface area contributed by atoms with Crippen molar-refractivity contribution in [1.29, 1.82) is 0 Å². The highest BCUT2D eigenvalue weighted by molar-refractivity contribution is 5.68. The van der Waals surface area contributed by atoms with Crippen molar-refractivity contribution < 1.29 is 14.3 Å². The van der Waals surface area contributed by atoms with Gasteiger partial charge in [-0.2, -0.15) is 0 Å².